The van der Waals surface area contributed by atoms with Crippen molar-refractivity contribution < 1.29 is 0 Å². The minimum Gasteiger partial charge on any atom is -0.0622 e. The predicted molar refractivity (Wildman–Crippen MR) is 512 cm³/mol. The van der Waals surface area contributed by atoms with E-state index in [-0.39, 0.29) is 21.7 Å². The van der Waals surface area contributed by atoms with Crippen LogP contribution >= 0.6 is 0 Å². The Hall–Kier alpha value is -14.0. The number of rotatable bonds is 8. The summed E-state index contributed by atoms with van der Waals surface area (Å²) in [7, 11) is 0. The summed E-state index contributed by atoms with van der Waals surface area (Å²) in [5.74, 6) is 0. The summed E-state index contributed by atoms with van der Waals surface area (Å²) in [6.07, 6.45) is 0. The van der Waals surface area contributed by atoms with Crippen LogP contribution in [0.1, 0.15) is 99.9 Å². The Morgan fingerprint density at radius 1 is 0.125 bits per heavy atom. The van der Waals surface area contributed by atoms with E-state index in [0.29, 0.717) is 0 Å². The zero-order chi connectivity index (χ0) is 80.7. The average Bonchev–Trinajstić information content (AvgIpc) is 1.41. The second-order valence-electron chi connectivity index (χ2n) is 36.0. The van der Waals surface area contributed by atoms with Crippen LogP contribution in [0.25, 0.3) is 198 Å². The van der Waals surface area contributed by atoms with Crippen LogP contribution in [-0.4, -0.2) is 0 Å². The summed E-state index contributed by atoms with van der Waals surface area (Å²) in [5.41, 5.74) is 41.7. The third kappa shape index (κ3) is 10.7. The first kappa shape index (κ1) is 71.3. The molecule has 20 aromatic rings. The van der Waals surface area contributed by atoms with Gasteiger partial charge >= 0.3 is 0 Å². The van der Waals surface area contributed by atoms with Gasteiger partial charge in [-0.3, -0.25) is 0 Å². The molecule has 0 N–H and O–H groups in total. The summed E-state index contributed by atoms with van der Waals surface area (Å²) < 4.78 is 0. The van der Waals surface area contributed by atoms with Gasteiger partial charge in [-0.05, 0) is 285 Å². The van der Waals surface area contributed by atoms with Crippen molar-refractivity contribution in [2.24, 2.45) is 0 Å². The summed E-state index contributed by atoms with van der Waals surface area (Å²) in [4.78, 5) is 0. The molecule has 0 aliphatic heterocycles. The van der Waals surface area contributed by atoms with Gasteiger partial charge in [0.05, 0.1) is 0 Å². The maximum atomic E-state index is 2.51. The van der Waals surface area contributed by atoms with Crippen LogP contribution in [0.4, 0.5) is 0 Å². The molecule has 0 saturated carbocycles. The standard InChI is InChI=1S/2C60H44/c1-59(2)52-26-13-12-23-49(52)58-50(25-15-27-53(58)59)57-47-22-11-10-21-46(47)56(48-33-28-39(34-51(48)57)37-16-6-5-7-17-37)41-30-32-45-44-31-29-40(35-54(44)60(3,4)55(45)36-41)43-24-14-19-38-18-8-9-20-42(38)43;1-59(2)52-23-13-12-21-49(52)58-50(22-14-24-53(58)59)57-47-20-11-10-19-46(47)56(48-32-28-41(34-51(48)57)37-15-6-5-7-16-37)43-29-31-45-44-30-27-42(35-54(44)60(3,4)55(45)36-43)40-26-25-38-17-8-9-18-39(38)33-40/h2*5-36H,1-4H3. The molecule has 0 radical (unpaired) electrons. The van der Waals surface area contributed by atoms with Crippen LogP contribution in [0.2, 0.25) is 0 Å². The van der Waals surface area contributed by atoms with Gasteiger partial charge in [-0.2, -0.15) is 0 Å². The van der Waals surface area contributed by atoms with Gasteiger partial charge in [0.2, 0.25) is 0 Å². The van der Waals surface area contributed by atoms with Crippen molar-refractivity contribution >= 4 is 64.6 Å². The molecule has 0 nitrogen and oxygen atoms in total. The van der Waals surface area contributed by atoms with Crippen LogP contribution in [0.5, 0.6) is 0 Å². The molecule has 0 heterocycles. The normalized spacial score (nSPS) is 14.3. The second kappa shape index (κ2) is 26.7. The largest absolute Gasteiger partial charge is 0.0622 e. The second-order valence-corrected chi connectivity index (χ2v) is 36.0. The molecule has 568 valence electrons. The van der Waals surface area contributed by atoms with Crippen molar-refractivity contribution in [2.45, 2.75) is 77.0 Å². The molecule has 20 aromatic carbocycles. The van der Waals surface area contributed by atoms with E-state index in [0.717, 1.165) is 0 Å². The van der Waals surface area contributed by atoms with E-state index in [1.54, 1.807) is 0 Å². The Labute approximate surface area is 703 Å². The molecular formula is C120H88. The molecule has 0 fully saturated rings. The number of hydrogen-bond donors (Lipinski definition) is 0. The minimum atomic E-state index is -0.182. The van der Waals surface area contributed by atoms with Gasteiger partial charge in [-0.1, -0.05) is 401 Å². The Morgan fingerprint density at radius 2 is 0.425 bits per heavy atom. The van der Waals surface area contributed by atoms with Gasteiger partial charge in [0.1, 0.15) is 0 Å². The molecular weight excluding hydrogens is 1440 g/mol. The first-order valence-electron chi connectivity index (χ1n) is 42.7. The molecule has 4 aliphatic carbocycles. The highest BCUT2D eigenvalue weighted by Crippen LogP contribution is 2.60. The SMILES string of the molecule is CC1(C)c2cc(-c3ccc4ccccc4c3)ccc2-c2ccc(-c3c4ccccc4c(-c4cccc5c4-c4ccccc4C5(C)C)c4cc(-c5ccccc5)ccc34)cc21.CC1(C)c2cc(-c3cccc4ccccc34)ccc2-c2ccc(-c3c4ccccc4c(-c4cccc5c4-c4ccccc4C5(C)C)c4cc(-c5ccccc5)ccc34)cc21. The summed E-state index contributed by atoms with van der Waals surface area (Å²) in [5, 5.41) is 15.3. The number of fused-ring (bicyclic) bond motifs is 18. The average molecular weight is 1530 g/mol. The first-order chi connectivity index (χ1) is 58.6. The molecule has 24 rings (SSSR count). The maximum absolute atomic E-state index is 2.51. The van der Waals surface area contributed by atoms with Crippen LogP contribution in [0.15, 0.2) is 388 Å². The van der Waals surface area contributed by atoms with Crippen molar-refractivity contribution in [1.82, 2.24) is 0 Å². The fraction of sp³-hybridized carbons (Fsp3) is 0.100. The molecule has 4 aliphatic rings. The highest BCUT2D eigenvalue weighted by Gasteiger charge is 2.42. The minimum absolute atomic E-state index is 0.0896. The van der Waals surface area contributed by atoms with E-state index in [4.69, 9.17) is 0 Å². The van der Waals surface area contributed by atoms with Crippen molar-refractivity contribution in [1.29, 1.82) is 0 Å². The van der Waals surface area contributed by atoms with E-state index in [9.17, 15) is 0 Å². The van der Waals surface area contributed by atoms with E-state index < -0.39 is 0 Å². The smallest absolute Gasteiger partial charge is 0.0159 e. The highest BCUT2D eigenvalue weighted by molar-refractivity contribution is 6.25. The maximum Gasteiger partial charge on any atom is 0.0159 e. The lowest BCUT2D eigenvalue weighted by molar-refractivity contribution is 0.660. The highest BCUT2D eigenvalue weighted by atomic mass is 14.4. The molecule has 0 unspecified atom stereocenters. The Kier molecular flexibility index (Phi) is 15.9. The van der Waals surface area contributed by atoms with Gasteiger partial charge in [0.15, 0.2) is 0 Å². The Bertz CT molecular complexity index is 7730. The molecule has 0 saturated heterocycles. The zero-order valence-corrected chi connectivity index (χ0v) is 69.0. The topological polar surface area (TPSA) is 0 Å². The van der Waals surface area contributed by atoms with Crippen molar-refractivity contribution in [3.8, 4) is 134 Å². The fourth-order valence-electron chi connectivity index (χ4n) is 22.1. The monoisotopic (exact) mass is 1530 g/mol. The molecule has 0 heteroatoms. The number of benzene rings is 20. The van der Waals surface area contributed by atoms with Crippen molar-refractivity contribution in [3.63, 3.8) is 0 Å². The zero-order valence-electron chi connectivity index (χ0n) is 69.0. The van der Waals surface area contributed by atoms with E-state index in [1.807, 2.05) is 0 Å². The van der Waals surface area contributed by atoms with E-state index in [2.05, 4.69) is 444 Å². The third-order valence-corrected chi connectivity index (χ3v) is 28.1. The van der Waals surface area contributed by atoms with E-state index in [1.165, 1.54) is 243 Å². The summed E-state index contributed by atoms with van der Waals surface area (Å²) in [6, 6.07) is 146. The molecule has 0 amide bonds. The molecule has 120 heavy (non-hydrogen) atoms. The van der Waals surface area contributed by atoms with Crippen LogP contribution in [0.3, 0.4) is 0 Å². The van der Waals surface area contributed by atoms with Gasteiger partial charge in [-0.15, -0.1) is 0 Å². The summed E-state index contributed by atoms with van der Waals surface area (Å²) >= 11 is 0. The molecule has 0 bridgehead atoms. The predicted octanol–water partition coefficient (Wildman–Crippen LogP) is 32.9. The van der Waals surface area contributed by atoms with E-state index >= 15 is 0 Å². The lowest BCUT2D eigenvalue weighted by atomic mass is 9.79. The Morgan fingerprint density at radius 3 is 0.917 bits per heavy atom. The van der Waals surface area contributed by atoms with Crippen LogP contribution in [0, 0.1) is 0 Å². The Balaban J connectivity index is 0.000000140. The van der Waals surface area contributed by atoms with Crippen LogP contribution in [-0.2, 0) is 21.7 Å². The third-order valence-electron chi connectivity index (χ3n) is 28.1. The molecule has 0 atom stereocenters. The quantitative estimate of drug-likeness (QED) is 0.133. The lowest BCUT2D eigenvalue weighted by Gasteiger charge is -2.24. The van der Waals surface area contributed by atoms with Gasteiger partial charge < -0.3 is 0 Å². The molecule has 0 spiro atoms. The van der Waals surface area contributed by atoms with Gasteiger partial charge in [0, 0.05) is 21.7 Å². The molecule has 0 aromatic heterocycles. The van der Waals surface area contributed by atoms with Crippen LogP contribution < -0.4 is 0 Å². The van der Waals surface area contributed by atoms with Crippen molar-refractivity contribution in [2.75, 3.05) is 0 Å². The first-order valence-corrected chi connectivity index (χ1v) is 42.7. The van der Waals surface area contributed by atoms with Gasteiger partial charge in [-0.25, -0.2) is 0 Å². The number of hydrogen-bond acceptors (Lipinski definition) is 0. The summed E-state index contributed by atoms with van der Waals surface area (Å²) in [6.45, 7) is 19.2. The van der Waals surface area contributed by atoms with Crippen molar-refractivity contribution in [3.05, 3.63) is 433 Å². The van der Waals surface area contributed by atoms with Gasteiger partial charge in [0.25, 0.3) is 0 Å². The lowest BCUT2D eigenvalue weighted by Crippen LogP contribution is -2.15. The fourth-order valence-corrected chi connectivity index (χ4v) is 22.1.